The van der Waals surface area contributed by atoms with Crippen LogP contribution in [0.2, 0.25) is 0 Å². The highest BCUT2D eigenvalue weighted by Gasteiger charge is 2.44. The highest BCUT2D eigenvalue weighted by atomic mass is 16.5. The summed E-state index contributed by atoms with van der Waals surface area (Å²) in [6.07, 6.45) is 4.37. The Morgan fingerprint density at radius 1 is 1.28 bits per heavy atom. The van der Waals surface area contributed by atoms with Crippen molar-refractivity contribution < 1.29 is 19.4 Å². The molecule has 0 bridgehead atoms. The molecule has 0 saturated carbocycles. The van der Waals surface area contributed by atoms with Crippen LogP contribution in [0.4, 0.5) is 0 Å². The van der Waals surface area contributed by atoms with Gasteiger partial charge >= 0.3 is 11.9 Å². The van der Waals surface area contributed by atoms with E-state index < -0.39 is 17.4 Å². The number of esters is 1. The van der Waals surface area contributed by atoms with Gasteiger partial charge in [0.05, 0.1) is 6.61 Å². The fourth-order valence-electron chi connectivity index (χ4n) is 2.07. The fourth-order valence-corrected chi connectivity index (χ4v) is 2.07. The molecule has 4 heteroatoms. The summed E-state index contributed by atoms with van der Waals surface area (Å²) in [6.45, 7) is 7.52. The number of carboxylic acid groups (broad SMARTS) is 1. The van der Waals surface area contributed by atoms with Gasteiger partial charge in [0.2, 0.25) is 0 Å². The van der Waals surface area contributed by atoms with E-state index in [9.17, 15) is 14.7 Å². The van der Waals surface area contributed by atoms with Crippen molar-refractivity contribution in [1.29, 1.82) is 0 Å². The Kier molecular flexibility index (Phi) is 7.64. The van der Waals surface area contributed by atoms with Gasteiger partial charge in [-0.05, 0) is 26.2 Å². The third-order valence-corrected chi connectivity index (χ3v) is 3.44. The lowest BCUT2D eigenvalue weighted by atomic mass is 9.78. The number of aliphatic carboxylic acids is 1. The molecule has 2 atom stereocenters. The molecule has 0 fully saturated rings. The van der Waals surface area contributed by atoms with Crippen LogP contribution in [0, 0.1) is 11.3 Å². The van der Waals surface area contributed by atoms with E-state index in [0.29, 0.717) is 6.42 Å². The average molecular weight is 258 g/mol. The average Bonchev–Trinajstić information content (AvgIpc) is 2.34. The first-order valence-electron chi connectivity index (χ1n) is 6.82. The molecule has 2 unspecified atom stereocenters. The molecule has 0 aromatic carbocycles. The summed E-state index contributed by atoms with van der Waals surface area (Å²) in [5.74, 6) is -1.45. The van der Waals surface area contributed by atoms with E-state index in [4.69, 9.17) is 4.74 Å². The Labute approximate surface area is 110 Å². The predicted octanol–water partition coefficient (Wildman–Crippen LogP) is 3.25. The lowest BCUT2D eigenvalue weighted by molar-refractivity contribution is -0.168. The van der Waals surface area contributed by atoms with E-state index in [1.54, 1.807) is 6.92 Å². The molecular weight excluding hydrogens is 232 g/mol. The minimum atomic E-state index is -1.41. The number of carbonyl (C=O) groups excluding carboxylic acids is 1. The Morgan fingerprint density at radius 3 is 2.28 bits per heavy atom. The molecule has 0 aromatic heterocycles. The van der Waals surface area contributed by atoms with Crippen molar-refractivity contribution in [3.63, 3.8) is 0 Å². The minimum absolute atomic E-state index is 0.216. The van der Waals surface area contributed by atoms with Gasteiger partial charge in [-0.1, -0.05) is 39.5 Å². The Hall–Kier alpha value is -1.06. The van der Waals surface area contributed by atoms with Crippen LogP contribution < -0.4 is 0 Å². The second kappa shape index (κ2) is 8.11. The van der Waals surface area contributed by atoms with Crippen LogP contribution in [0.5, 0.6) is 0 Å². The number of hydrogen-bond donors (Lipinski definition) is 1. The van der Waals surface area contributed by atoms with Crippen LogP contribution in [0.25, 0.3) is 0 Å². The van der Waals surface area contributed by atoms with Gasteiger partial charge in [-0.25, -0.2) is 0 Å². The minimum Gasteiger partial charge on any atom is -0.480 e. The third-order valence-electron chi connectivity index (χ3n) is 3.44. The summed E-state index contributed by atoms with van der Waals surface area (Å²) in [7, 11) is 0. The standard InChI is InChI=1S/C14H26O4/c1-5-8-9-11(6-2)10-14(4,12(15)16)13(17)18-7-3/h11H,5-10H2,1-4H3,(H,15,16). The molecule has 0 aliphatic heterocycles. The lowest BCUT2D eigenvalue weighted by Gasteiger charge is -2.27. The molecule has 0 aliphatic rings. The number of rotatable bonds is 9. The van der Waals surface area contributed by atoms with Gasteiger partial charge in [-0.2, -0.15) is 0 Å². The Balaban J connectivity index is 4.77. The van der Waals surface area contributed by atoms with E-state index in [0.717, 1.165) is 25.7 Å². The lowest BCUT2D eigenvalue weighted by Crippen LogP contribution is -2.39. The summed E-state index contributed by atoms with van der Waals surface area (Å²) < 4.78 is 4.90. The topological polar surface area (TPSA) is 63.6 Å². The highest BCUT2D eigenvalue weighted by Crippen LogP contribution is 2.32. The van der Waals surface area contributed by atoms with E-state index in [1.807, 2.05) is 6.92 Å². The van der Waals surface area contributed by atoms with Crippen molar-refractivity contribution in [3.05, 3.63) is 0 Å². The molecule has 0 radical (unpaired) electrons. The summed E-state index contributed by atoms with van der Waals surface area (Å²) in [6, 6.07) is 0. The van der Waals surface area contributed by atoms with Crippen molar-refractivity contribution in [2.75, 3.05) is 6.61 Å². The van der Waals surface area contributed by atoms with Crippen LogP contribution in [0.3, 0.4) is 0 Å². The van der Waals surface area contributed by atoms with E-state index in [1.165, 1.54) is 6.92 Å². The van der Waals surface area contributed by atoms with Crippen molar-refractivity contribution in [1.82, 2.24) is 0 Å². The molecule has 0 saturated heterocycles. The van der Waals surface area contributed by atoms with E-state index >= 15 is 0 Å². The van der Waals surface area contributed by atoms with Gasteiger partial charge < -0.3 is 9.84 Å². The zero-order valence-corrected chi connectivity index (χ0v) is 12.0. The van der Waals surface area contributed by atoms with Crippen LogP contribution in [-0.2, 0) is 14.3 Å². The number of carboxylic acids is 1. The van der Waals surface area contributed by atoms with Gasteiger partial charge in [0.1, 0.15) is 0 Å². The maximum Gasteiger partial charge on any atom is 0.323 e. The van der Waals surface area contributed by atoms with Gasteiger partial charge in [0.15, 0.2) is 5.41 Å². The van der Waals surface area contributed by atoms with Crippen LogP contribution in [0.15, 0.2) is 0 Å². The zero-order chi connectivity index (χ0) is 14.2. The van der Waals surface area contributed by atoms with Crippen LogP contribution >= 0.6 is 0 Å². The number of unbranched alkanes of at least 4 members (excludes halogenated alkanes) is 1. The van der Waals surface area contributed by atoms with Crippen molar-refractivity contribution in [2.24, 2.45) is 11.3 Å². The van der Waals surface area contributed by atoms with Crippen molar-refractivity contribution in [2.45, 2.75) is 59.8 Å². The van der Waals surface area contributed by atoms with Gasteiger partial charge in [-0.15, -0.1) is 0 Å². The third kappa shape index (κ3) is 4.67. The monoisotopic (exact) mass is 258 g/mol. The van der Waals surface area contributed by atoms with E-state index in [2.05, 4.69) is 6.92 Å². The molecule has 0 rings (SSSR count). The molecule has 0 aromatic rings. The van der Waals surface area contributed by atoms with Gasteiger partial charge in [0.25, 0.3) is 0 Å². The quantitative estimate of drug-likeness (QED) is 0.509. The number of ether oxygens (including phenoxy) is 1. The molecule has 0 aliphatic carbocycles. The summed E-state index contributed by atoms with van der Waals surface area (Å²) in [5.41, 5.74) is -1.41. The molecule has 0 heterocycles. The van der Waals surface area contributed by atoms with Crippen molar-refractivity contribution in [3.8, 4) is 0 Å². The zero-order valence-electron chi connectivity index (χ0n) is 12.0. The largest absolute Gasteiger partial charge is 0.480 e. The van der Waals surface area contributed by atoms with Crippen LogP contribution in [0.1, 0.15) is 59.8 Å². The van der Waals surface area contributed by atoms with Gasteiger partial charge in [0, 0.05) is 0 Å². The van der Waals surface area contributed by atoms with Crippen LogP contribution in [-0.4, -0.2) is 23.7 Å². The molecule has 0 spiro atoms. The molecule has 106 valence electrons. The fraction of sp³-hybridized carbons (Fsp3) is 0.857. The molecule has 18 heavy (non-hydrogen) atoms. The molecule has 0 amide bonds. The second-order valence-corrected chi connectivity index (χ2v) is 4.98. The molecule has 4 nitrogen and oxygen atoms in total. The summed E-state index contributed by atoms with van der Waals surface area (Å²) in [5, 5.41) is 9.30. The molecular formula is C14H26O4. The number of hydrogen-bond acceptors (Lipinski definition) is 3. The second-order valence-electron chi connectivity index (χ2n) is 4.98. The number of carbonyl (C=O) groups is 2. The Morgan fingerprint density at radius 2 is 1.89 bits per heavy atom. The Bertz CT molecular complexity index is 275. The summed E-state index contributed by atoms with van der Waals surface area (Å²) >= 11 is 0. The SMILES string of the molecule is CCCCC(CC)CC(C)(C(=O)O)C(=O)OCC. The maximum absolute atomic E-state index is 11.8. The smallest absolute Gasteiger partial charge is 0.323 e. The van der Waals surface area contributed by atoms with Gasteiger partial charge in [-0.3, -0.25) is 9.59 Å². The first-order valence-corrected chi connectivity index (χ1v) is 6.82. The first kappa shape index (κ1) is 16.9. The summed E-state index contributed by atoms with van der Waals surface area (Å²) in [4.78, 5) is 23.2. The normalized spacial score (nSPS) is 15.8. The van der Waals surface area contributed by atoms with Crippen molar-refractivity contribution >= 4 is 11.9 Å². The highest BCUT2D eigenvalue weighted by molar-refractivity contribution is 5.98. The first-order chi connectivity index (χ1) is 8.42. The van der Waals surface area contributed by atoms with E-state index in [-0.39, 0.29) is 12.5 Å². The predicted molar refractivity (Wildman–Crippen MR) is 70.3 cm³/mol. The maximum atomic E-state index is 11.8. The molecule has 1 N–H and O–H groups in total.